The lowest BCUT2D eigenvalue weighted by Gasteiger charge is -2.48. The number of esters is 1. The van der Waals surface area contributed by atoms with Crippen LogP contribution in [0.15, 0.2) is 42.5 Å². The predicted molar refractivity (Wildman–Crippen MR) is 142 cm³/mol. The van der Waals surface area contributed by atoms with Crippen LogP contribution in [-0.2, 0) is 10.9 Å². The van der Waals surface area contributed by atoms with Crippen LogP contribution < -0.4 is 16.4 Å². The van der Waals surface area contributed by atoms with Crippen LogP contribution in [0, 0.1) is 6.92 Å². The predicted octanol–water partition coefficient (Wildman–Crippen LogP) is 1.57. The SMILES string of the molecule is Cc1cccc(O)c1C(=O)OC[C@@]1(O)[C@@H](Nc2ccc(C(F)(F)F)cc2)[C@H](N)[C@@](NC(=O)N(C)C)([C@H](C)O)[C@@]1(C)O. The minimum atomic E-state index is -4.61. The zero-order valence-electron chi connectivity index (χ0n) is 23.2. The molecule has 0 aromatic heterocycles. The van der Waals surface area contributed by atoms with Crippen molar-refractivity contribution in [3.8, 4) is 5.75 Å². The summed E-state index contributed by atoms with van der Waals surface area (Å²) in [5, 5.41) is 50.4. The summed E-state index contributed by atoms with van der Waals surface area (Å²) in [6.07, 6.45) is -6.22. The minimum Gasteiger partial charge on any atom is -0.507 e. The van der Waals surface area contributed by atoms with Crippen LogP contribution in [-0.4, -0.2) is 93.0 Å². The molecule has 2 amide bonds. The van der Waals surface area contributed by atoms with Crippen molar-refractivity contribution < 1.29 is 47.9 Å². The summed E-state index contributed by atoms with van der Waals surface area (Å²) in [7, 11) is 2.78. The molecule has 1 saturated carbocycles. The number of amides is 2. The Kier molecular flexibility index (Phi) is 8.57. The second-order valence-corrected chi connectivity index (χ2v) is 10.6. The van der Waals surface area contributed by atoms with E-state index in [1.165, 1.54) is 46.1 Å². The van der Waals surface area contributed by atoms with Gasteiger partial charge in [0.25, 0.3) is 0 Å². The first-order chi connectivity index (χ1) is 18.8. The molecule has 0 heterocycles. The Morgan fingerprint density at radius 3 is 2.22 bits per heavy atom. The third-order valence-electron chi connectivity index (χ3n) is 7.84. The molecule has 2 aromatic carbocycles. The van der Waals surface area contributed by atoms with Gasteiger partial charge in [0.2, 0.25) is 0 Å². The minimum absolute atomic E-state index is 0.0379. The van der Waals surface area contributed by atoms with E-state index in [2.05, 4.69) is 10.6 Å². The van der Waals surface area contributed by atoms with E-state index in [1.54, 1.807) is 0 Å². The fourth-order valence-corrected chi connectivity index (χ4v) is 5.37. The number of alkyl halides is 3. The Bertz CT molecular complexity index is 1270. The molecule has 226 valence electrons. The molecule has 11 nitrogen and oxygen atoms in total. The van der Waals surface area contributed by atoms with Gasteiger partial charge in [-0.25, -0.2) is 9.59 Å². The first-order valence-electron chi connectivity index (χ1n) is 12.6. The van der Waals surface area contributed by atoms with E-state index in [-0.39, 0.29) is 11.3 Å². The number of phenolic OH excluding ortho intramolecular Hbond substituents is 1. The lowest BCUT2D eigenvalue weighted by molar-refractivity contribution is -0.186. The average molecular weight is 585 g/mol. The summed E-state index contributed by atoms with van der Waals surface area (Å²) in [5.74, 6) is -1.45. The maximum Gasteiger partial charge on any atom is 0.416 e. The maximum absolute atomic E-state index is 13.1. The van der Waals surface area contributed by atoms with E-state index in [1.807, 2.05) is 0 Å². The number of rotatable bonds is 7. The number of hydrogen-bond donors (Lipinski definition) is 7. The molecule has 6 atom stereocenters. The molecule has 3 rings (SSSR count). The molecule has 2 aromatic rings. The zero-order chi connectivity index (χ0) is 31.1. The number of hydrogen-bond acceptors (Lipinski definition) is 9. The second-order valence-electron chi connectivity index (χ2n) is 10.6. The van der Waals surface area contributed by atoms with Crippen LogP contribution >= 0.6 is 0 Å². The summed E-state index contributed by atoms with van der Waals surface area (Å²) in [4.78, 5) is 26.9. The third-order valence-corrected chi connectivity index (χ3v) is 7.84. The molecule has 8 N–H and O–H groups in total. The third kappa shape index (κ3) is 5.39. The zero-order valence-corrected chi connectivity index (χ0v) is 23.2. The van der Waals surface area contributed by atoms with Crippen LogP contribution in [0.2, 0.25) is 0 Å². The van der Waals surface area contributed by atoms with E-state index in [0.29, 0.717) is 5.56 Å². The van der Waals surface area contributed by atoms with Crippen molar-refractivity contribution in [2.45, 2.75) is 61.9 Å². The molecule has 1 aliphatic carbocycles. The lowest BCUT2D eigenvalue weighted by Crippen LogP contribution is -2.76. The van der Waals surface area contributed by atoms with Crippen LogP contribution in [0.25, 0.3) is 0 Å². The fraction of sp³-hybridized carbons (Fsp3) is 0.481. The maximum atomic E-state index is 13.1. The Hall–Kier alpha value is -3.59. The summed E-state index contributed by atoms with van der Waals surface area (Å²) in [6, 6.07) is 4.19. The lowest BCUT2D eigenvalue weighted by atomic mass is 9.73. The summed E-state index contributed by atoms with van der Waals surface area (Å²) in [6.45, 7) is 2.88. The van der Waals surface area contributed by atoms with Crippen LogP contribution in [0.3, 0.4) is 0 Å². The monoisotopic (exact) mass is 584 g/mol. The van der Waals surface area contributed by atoms with Crippen molar-refractivity contribution in [2.24, 2.45) is 5.73 Å². The molecule has 1 aliphatic rings. The number of nitrogens with zero attached hydrogens (tertiary/aromatic N) is 1. The van der Waals surface area contributed by atoms with Crippen molar-refractivity contribution in [2.75, 3.05) is 26.0 Å². The van der Waals surface area contributed by atoms with Gasteiger partial charge in [0.05, 0.1) is 23.8 Å². The summed E-state index contributed by atoms with van der Waals surface area (Å²) < 4.78 is 44.7. The molecule has 0 saturated heterocycles. The number of carbonyl (C=O) groups excluding carboxylic acids is 2. The van der Waals surface area contributed by atoms with Crippen molar-refractivity contribution in [3.05, 3.63) is 59.2 Å². The van der Waals surface area contributed by atoms with Crippen LogP contribution in [0.4, 0.5) is 23.7 Å². The van der Waals surface area contributed by atoms with Crippen LogP contribution in [0.5, 0.6) is 5.75 Å². The summed E-state index contributed by atoms with van der Waals surface area (Å²) in [5.41, 5.74) is -1.49. The van der Waals surface area contributed by atoms with Crippen molar-refractivity contribution in [1.82, 2.24) is 10.2 Å². The Morgan fingerprint density at radius 1 is 1.15 bits per heavy atom. The number of ether oxygens (including phenoxy) is 1. The van der Waals surface area contributed by atoms with Crippen molar-refractivity contribution in [3.63, 3.8) is 0 Å². The quantitative estimate of drug-likeness (QED) is 0.238. The van der Waals surface area contributed by atoms with Crippen LogP contribution in [0.1, 0.15) is 35.3 Å². The van der Waals surface area contributed by atoms with E-state index in [0.717, 1.165) is 36.1 Å². The van der Waals surface area contributed by atoms with Gasteiger partial charge in [0.15, 0.2) is 5.60 Å². The number of halogens is 3. The number of aliphatic hydroxyl groups excluding tert-OH is 1. The van der Waals surface area contributed by atoms with Gasteiger partial charge in [-0.2, -0.15) is 13.2 Å². The highest BCUT2D eigenvalue weighted by atomic mass is 19.4. The molecular formula is C27H35F3N4O7. The molecule has 0 spiro atoms. The number of phenols is 1. The normalized spacial score (nSPS) is 28.6. The number of aryl methyl sites for hydroxylation is 1. The Labute approximate surface area is 234 Å². The number of carbonyl (C=O) groups is 2. The fourth-order valence-electron chi connectivity index (χ4n) is 5.37. The molecule has 0 unspecified atom stereocenters. The van der Waals surface area contributed by atoms with Gasteiger partial charge >= 0.3 is 18.2 Å². The molecule has 1 fully saturated rings. The van der Waals surface area contributed by atoms with Gasteiger partial charge in [0, 0.05) is 19.8 Å². The highest BCUT2D eigenvalue weighted by Crippen LogP contribution is 2.49. The molecule has 0 bridgehead atoms. The number of aliphatic hydroxyl groups is 3. The number of nitrogens with two attached hydrogens (primary N) is 1. The summed E-state index contributed by atoms with van der Waals surface area (Å²) >= 11 is 0. The first kappa shape index (κ1) is 31.9. The van der Waals surface area contributed by atoms with Gasteiger partial charge < -0.3 is 46.4 Å². The molecule has 0 radical (unpaired) electrons. The number of anilines is 1. The molecule has 0 aliphatic heterocycles. The standard InChI is InChI=1S/C27H35F3N4O7/c1-14-7-6-8-18(36)19(14)22(37)41-13-25(40)21(32-17-11-9-16(10-12-17)27(28,29)30)20(31)26(15(2)35,24(25,3)39)33-23(38)34(4)5/h6-12,15,20-21,32,35-36,39-40H,13,31H2,1-5H3,(H,33,38)/t15-,20-,21-,24-,25+,26-/m0/s1. The van der Waals surface area contributed by atoms with Gasteiger partial charge in [0.1, 0.15) is 29.1 Å². The number of benzene rings is 2. The smallest absolute Gasteiger partial charge is 0.416 e. The molecule has 41 heavy (non-hydrogen) atoms. The van der Waals surface area contributed by atoms with Gasteiger partial charge in [-0.3, -0.25) is 0 Å². The molecule has 14 heteroatoms. The highest BCUT2D eigenvalue weighted by molar-refractivity contribution is 5.94. The van der Waals surface area contributed by atoms with E-state index in [9.17, 15) is 43.2 Å². The Morgan fingerprint density at radius 2 is 1.73 bits per heavy atom. The topological polar surface area (TPSA) is 178 Å². The second kappa shape index (κ2) is 11.0. The largest absolute Gasteiger partial charge is 0.507 e. The van der Waals surface area contributed by atoms with E-state index >= 15 is 0 Å². The van der Waals surface area contributed by atoms with Gasteiger partial charge in [-0.05, 0) is 56.7 Å². The number of aromatic hydroxyl groups is 1. The van der Waals surface area contributed by atoms with Gasteiger partial charge in [-0.15, -0.1) is 0 Å². The first-order valence-corrected chi connectivity index (χ1v) is 12.6. The highest BCUT2D eigenvalue weighted by Gasteiger charge is 2.76. The number of urea groups is 1. The average Bonchev–Trinajstić information content (AvgIpc) is 2.98. The van der Waals surface area contributed by atoms with E-state index < -0.39 is 71.0 Å². The number of nitrogens with one attached hydrogen (secondary N) is 2. The van der Waals surface area contributed by atoms with E-state index in [4.69, 9.17) is 10.5 Å². The van der Waals surface area contributed by atoms with Crippen molar-refractivity contribution >= 4 is 17.7 Å². The van der Waals surface area contributed by atoms with Gasteiger partial charge in [-0.1, -0.05) is 12.1 Å². The Balaban J connectivity index is 2.11. The van der Waals surface area contributed by atoms with Crippen molar-refractivity contribution in [1.29, 1.82) is 0 Å². The molecular weight excluding hydrogens is 549 g/mol.